The lowest BCUT2D eigenvalue weighted by atomic mass is 10.1. The zero-order valence-electron chi connectivity index (χ0n) is 13.6. The third kappa shape index (κ3) is 3.36. The first kappa shape index (κ1) is 16.3. The number of rotatable bonds is 4. The highest BCUT2D eigenvalue weighted by Gasteiger charge is 2.15. The fraction of sp³-hybridized carbons (Fsp3) is 0.150. The molecule has 0 bridgehead atoms. The fourth-order valence-electron chi connectivity index (χ4n) is 2.68. The Balaban J connectivity index is 1.81. The predicted molar refractivity (Wildman–Crippen MR) is 97.7 cm³/mol. The van der Waals surface area contributed by atoms with E-state index in [0.29, 0.717) is 17.1 Å². The summed E-state index contributed by atoms with van der Waals surface area (Å²) in [5.74, 6) is 0.747. The number of fused-ring (bicyclic) bond motifs is 1. The van der Waals surface area contributed by atoms with Gasteiger partial charge in [0.15, 0.2) is 0 Å². The first-order chi connectivity index (χ1) is 11.6. The van der Waals surface area contributed by atoms with Gasteiger partial charge in [0.2, 0.25) is 0 Å². The summed E-state index contributed by atoms with van der Waals surface area (Å²) in [6, 6.07) is 19.2. The van der Waals surface area contributed by atoms with Crippen LogP contribution in [-0.2, 0) is 6.54 Å². The summed E-state index contributed by atoms with van der Waals surface area (Å²) in [7, 11) is 3.44. The van der Waals surface area contributed by atoms with Crippen molar-refractivity contribution in [1.82, 2.24) is 4.90 Å². The predicted octanol–water partition coefficient (Wildman–Crippen LogP) is 4.77. The zero-order valence-corrected chi connectivity index (χ0v) is 14.4. The van der Waals surface area contributed by atoms with Gasteiger partial charge in [-0.15, -0.1) is 0 Å². The number of carbonyl (C=O) groups is 1. The number of nitrogens with zero attached hydrogens (tertiary/aromatic N) is 1. The van der Waals surface area contributed by atoms with Crippen molar-refractivity contribution in [1.29, 1.82) is 0 Å². The minimum atomic E-state index is -0.0876. The third-order valence-electron chi connectivity index (χ3n) is 3.98. The second-order valence-corrected chi connectivity index (χ2v) is 6.10. The number of hydrogen-bond donors (Lipinski definition) is 0. The number of amides is 1. The summed E-state index contributed by atoms with van der Waals surface area (Å²) in [5, 5.41) is 2.70. The van der Waals surface area contributed by atoms with Crippen LogP contribution in [0, 0.1) is 0 Å². The van der Waals surface area contributed by atoms with Crippen molar-refractivity contribution in [3.05, 3.63) is 76.8 Å². The van der Waals surface area contributed by atoms with Crippen LogP contribution < -0.4 is 4.74 Å². The van der Waals surface area contributed by atoms with Gasteiger partial charge in [-0.2, -0.15) is 0 Å². The topological polar surface area (TPSA) is 29.5 Å². The van der Waals surface area contributed by atoms with Gasteiger partial charge in [-0.3, -0.25) is 4.79 Å². The van der Waals surface area contributed by atoms with E-state index in [1.807, 2.05) is 42.5 Å². The monoisotopic (exact) mass is 339 g/mol. The molecule has 4 heteroatoms. The van der Waals surface area contributed by atoms with E-state index in [9.17, 15) is 4.79 Å². The number of benzene rings is 3. The first-order valence-electron chi connectivity index (χ1n) is 7.65. The van der Waals surface area contributed by atoms with Crippen LogP contribution in [0.15, 0.2) is 60.7 Å². The number of hydrogen-bond acceptors (Lipinski definition) is 2. The van der Waals surface area contributed by atoms with Gasteiger partial charge in [0.25, 0.3) is 5.91 Å². The summed E-state index contributed by atoms with van der Waals surface area (Å²) in [5.41, 5.74) is 1.59. The molecule has 0 aliphatic rings. The molecule has 0 N–H and O–H groups in total. The molecule has 3 aromatic carbocycles. The second kappa shape index (κ2) is 6.93. The Hall–Kier alpha value is -2.52. The van der Waals surface area contributed by atoms with E-state index >= 15 is 0 Å². The summed E-state index contributed by atoms with van der Waals surface area (Å²) in [6.07, 6.45) is 0. The summed E-state index contributed by atoms with van der Waals surface area (Å²) < 4.78 is 5.24. The molecule has 1 amide bonds. The summed E-state index contributed by atoms with van der Waals surface area (Å²) >= 11 is 6.11. The Bertz CT molecular complexity index is 892. The molecule has 0 fully saturated rings. The van der Waals surface area contributed by atoms with E-state index in [-0.39, 0.29) is 5.91 Å². The van der Waals surface area contributed by atoms with Crippen LogP contribution in [0.1, 0.15) is 15.9 Å². The quantitative estimate of drug-likeness (QED) is 0.685. The molecule has 0 saturated heterocycles. The van der Waals surface area contributed by atoms with Crippen LogP contribution in [-0.4, -0.2) is 25.0 Å². The minimum absolute atomic E-state index is 0.0876. The van der Waals surface area contributed by atoms with Gasteiger partial charge in [0.05, 0.1) is 17.7 Å². The molecular formula is C20H18ClNO2. The Labute approximate surface area is 146 Å². The van der Waals surface area contributed by atoms with E-state index in [1.165, 1.54) is 0 Å². The van der Waals surface area contributed by atoms with E-state index < -0.39 is 0 Å². The fourth-order valence-corrected chi connectivity index (χ4v) is 2.90. The van der Waals surface area contributed by atoms with Gasteiger partial charge in [-0.05, 0) is 46.7 Å². The molecular weight excluding hydrogens is 322 g/mol. The van der Waals surface area contributed by atoms with Gasteiger partial charge in [-0.1, -0.05) is 41.9 Å². The molecule has 0 radical (unpaired) electrons. The highest BCUT2D eigenvalue weighted by atomic mass is 35.5. The number of methoxy groups -OCH3 is 1. The smallest absolute Gasteiger partial charge is 0.255 e. The van der Waals surface area contributed by atoms with Crippen molar-refractivity contribution < 1.29 is 9.53 Å². The van der Waals surface area contributed by atoms with Gasteiger partial charge in [-0.25, -0.2) is 0 Å². The van der Waals surface area contributed by atoms with Crippen molar-refractivity contribution in [3.63, 3.8) is 0 Å². The van der Waals surface area contributed by atoms with Crippen molar-refractivity contribution in [2.24, 2.45) is 0 Å². The lowest BCUT2D eigenvalue weighted by Crippen LogP contribution is -2.26. The second-order valence-electron chi connectivity index (χ2n) is 5.69. The van der Waals surface area contributed by atoms with Crippen molar-refractivity contribution in [2.75, 3.05) is 14.2 Å². The van der Waals surface area contributed by atoms with Gasteiger partial charge in [0.1, 0.15) is 5.75 Å². The lowest BCUT2D eigenvalue weighted by Gasteiger charge is -2.18. The van der Waals surface area contributed by atoms with E-state index in [2.05, 4.69) is 6.07 Å². The maximum Gasteiger partial charge on any atom is 0.255 e. The van der Waals surface area contributed by atoms with Crippen LogP contribution in [0.2, 0.25) is 5.02 Å². The standard InChI is InChI=1S/C20H18ClNO2/c1-22(20(23)18-5-3-4-6-19(18)21)13-14-7-8-16-12-17(24-2)10-9-15(16)11-14/h3-12H,13H2,1-2H3. The van der Waals surface area contributed by atoms with E-state index in [1.54, 1.807) is 31.2 Å². The highest BCUT2D eigenvalue weighted by Crippen LogP contribution is 2.23. The molecule has 3 aromatic rings. The van der Waals surface area contributed by atoms with Crippen LogP contribution in [0.25, 0.3) is 10.8 Å². The number of halogens is 1. The molecule has 0 atom stereocenters. The first-order valence-corrected chi connectivity index (χ1v) is 8.03. The molecule has 0 aliphatic carbocycles. The average molecular weight is 340 g/mol. The van der Waals surface area contributed by atoms with E-state index in [4.69, 9.17) is 16.3 Å². The molecule has 122 valence electrons. The van der Waals surface area contributed by atoms with Crippen molar-refractivity contribution >= 4 is 28.3 Å². The molecule has 0 unspecified atom stereocenters. The summed E-state index contributed by atoms with van der Waals surface area (Å²) in [4.78, 5) is 14.2. The van der Waals surface area contributed by atoms with Gasteiger partial charge >= 0.3 is 0 Å². The Morgan fingerprint density at radius 2 is 1.75 bits per heavy atom. The third-order valence-corrected chi connectivity index (χ3v) is 4.31. The molecule has 3 rings (SSSR count). The normalized spacial score (nSPS) is 10.6. The molecule has 0 aliphatic heterocycles. The van der Waals surface area contributed by atoms with Crippen LogP contribution >= 0.6 is 11.6 Å². The van der Waals surface area contributed by atoms with Crippen molar-refractivity contribution in [2.45, 2.75) is 6.54 Å². The maximum absolute atomic E-state index is 12.5. The molecule has 0 spiro atoms. The average Bonchev–Trinajstić information content (AvgIpc) is 2.61. The highest BCUT2D eigenvalue weighted by molar-refractivity contribution is 6.33. The molecule has 3 nitrogen and oxygen atoms in total. The largest absolute Gasteiger partial charge is 0.497 e. The van der Waals surface area contributed by atoms with Crippen LogP contribution in [0.5, 0.6) is 5.75 Å². The zero-order chi connectivity index (χ0) is 17.1. The maximum atomic E-state index is 12.5. The van der Waals surface area contributed by atoms with Crippen molar-refractivity contribution in [3.8, 4) is 5.75 Å². The SMILES string of the molecule is COc1ccc2cc(CN(C)C(=O)c3ccccc3Cl)ccc2c1. The van der Waals surface area contributed by atoms with Gasteiger partial charge in [0, 0.05) is 13.6 Å². The van der Waals surface area contributed by atoms with Crippen LogP contribution in [0.4, 0.5) is 0 Å². The Morgan fingerprint density at radius 3 is 2.50 bits per heavy atom. The minimum Gasteiger partial charge on any atom is -0.497 e. The molecule has 0 heterocycles. The lowest BCUT2D eigenvalue weighted by molar-refractivity contribution is 0.0785. The molecule has 24 heavy (non-hydrogen) atoms. The van der Waals surface area contributed by atoms with E-state index in [0.717, 1.165) is 22.1 Å². The Morgan fingerprint density at radius 1 is 1.04 bits per heavy atom. The van der Waals surface area contributed by atoms with Gasteiger partial charge < -0.3 is 9.64 Å². The van der Waals surface area contributed by atoms with Crippen LogP contribution in [0.3, 0.4) is 0 Å². The number of ether oxygens (including phenoxy) is 1. The summed E-state index contributed by atoms with van der Waals surface area (Å²) in [6.45, 7) is 0.520. The Kier molecular flexibility index (Phi) is 4.72. The number of carbonyl (C=O) groups excluding carboxylic acids is 1. The molecule has 0 aromatic heterocycles. The molecule has 0 saturated carbocycles.